The van der Waals surface area contributed by atoms with Crippen LogP contribution in [-0.4, -0.2) is 27.9 Å². The van der Waals surface area contributed by atoms with Gasteiger partial charge in [-0.3, -0.25) is 0 Å². The molecule has 96 valence electrons. The van der Waals surface area contributed by atoms with Gasteiger partial charge >= 0.3 is 6.18 Å². The monoisotopic (exact) mass is 250 g/mol. The highest BCUT2D eigenvalue weighted by atomic mass is 19.4. The molecule has 7 heteroatoms. The van der Waals surface area contributed by atoms with Crippen molar-refractivity contribution >= 4 is 0 Å². The fourth-order valence-electron chi connectivity index (χ4n) is 1.26. The maximum atomic E-state index is 11.8. The Bertz CT molecular complexity index is 380. The van der Waals surface area contributed by atoms with Crippen LogP contribution in [-0.2, 0) is 11.3 Å². The zero-order chi connectivity index (χ0) is 13.1. The summed E-state index contributed by atoms with van der Waals surface area (Å²) in [6, 6.07) is 0. The van der Waals surface area contributed by atoms with E-state index in [1.54, 1.807) is 13.8 Å². The topological polar surface area (TPSA) is 55.2 Å². The van der Waals surface area contributed by atoms with Gasteiger partial charge in [0.2, 0.25) is 0 Å². The van der Waals surface area contributed by atoms with E-state index in [4.69, 9.17) is 0 Å². The fourth-order valence-corrected chi connectivity index (χ4v) is 1.26. The number of alkyl halides is 3. The number of nitrogens with zero attached hydrogens (tertiary/aromatic N) is 2. The molecule has 4 nitrogen and oxygen atoms in total. The molecule has 0 aliphatic rings. The summed E-state index contributed by atoms with van der Waals surface area (Å²) in [5.41, 5.74) is 1.07. The van der Waals surface area contributed by atoms with E-state index in [9.17, 15) is 18.3 Å². The van der Waals surface area contributed by atoms with Crippen molar-refractivity contribution in [2.24, 2.45) is 0 Å². The largest absolute Gasteiger partial charge is 0.411 e. The van der Waals surface area contributed by atoms with E-state index in [2.05, 4.69) is 14.7 Å². The van der Waals surface area contributed by atoms with Crippen molar-refractivity contribution in [3.05, 3.63) is 23.3 Å². The predicted molar refractivity (Wildman–Crippen MR) is 53.1 cm³/mol. The van der Waals surface area contributed by atoms with Crippen LogP contribution in [0, 0.1) is 6.92 Å². The molecule has 0 aliphatic heterocycles. The minimum absolute atomic E-state index is 0.163. The maximum Gasteiger partial charge on any atom is 0.411 e. The highest BCUT2D eigenvalue weighted by Gasteiger charge is 2.27. The summed E-state index contributed by atoms with van der Waals surface area (Å²) < 4.78 is 39.9. The molecule has 0 bridgehead atoms. The van der Waals surface area contributed by atoms with E-state index >= 15 is 0 Å². The lowest BCUT2D eigenvalue weighted by Crippen LogP contribution is -2.17. The first-order chi connectivity index (χ1) is 7.79. The van der Waals surface area contributed by atoms with E-state index < -0.39 is 18.9 Å². The van der Waals surface area contributed by atoms with Gasteiger partial charge in [0, 0.05) is 17.5 Å². The van der Waals surface area contributed by atoms with Crippen LogP contribution < -0.4 is 0 Å². The normalized spacial score (nSPS) is 13.8. The Kier molecular flexibility index (Phi) is 4.41. The lowest BCUT2D eigenvalue weighted by Gasteiger charge is -2.10. The van der Waals surface area contributed by atoms with Crippen LogP contribution >= 0.6 is 0 Å². The van der Waals surface area contributed by atoms with E-state index in [1.165, 1.54) is 6.20 Å². The average Bonchev–Trinajstić information content (AvgIpc) is 2.15. The quantitative estimate of drug-likeness (QED) is 0.887. The van der Waals surface area contributed by atoms with Crippen LogP contribution in [0.15, 0.2) is 6.20 Å². The number of ether oxygens (including phenoxy) is 1. The molecule has 1 aromatic rings. The summed E-state index contributed by atoms with van der Waals surface area (Å²) in [7, 11) is 0. The predicted octanol–water partition coefficient (Wildman–Crippen LogP) is 1.92. The van der Waals surface area contributed by atoms with E-state index in [-0.39, 0.29) is 12.4 Å². The van der Waals surface area contributed by atoms with Gasteiger partial charge in [-0.2, -0.15) is 13.2 Å². The molecule has 17 heavy (non-hydrogen) atoms. The van der Waals surface area contributed by atoms with Crippen LogP contribution in [0.2, 0.25) is 0 Å². The van der Waals surface area contributed by atoms with Crippen molar-refractivity contribution in [1.82, 2.24) is 9.97 Å². The number of aliphatic hydroxyl groups excluding tert-OH is 1. The van der Waals surface area contributed by atoms with Crippen LogP contribution in [0.3, 0.4) is 0 Å². The number of aliphatic hydroxyl groups is 1. The van der Waals surface area contributed by atoms with E-state index in [1.807, 2.05) is 0 Å². The second-order valence-electron chi connectivity index (χ2n) is 3.61. The standard InChI is InChI=1S/C10H13F3N2O2/c1-6-8(7(2)16)3-14-9(15-6)4-17-5-10(11,12)13/h3,7,16H,4-5H2,1-2H3/t7-/m0/s1. The van der Waals surface area contributed by atoms with Crippen molar-refractivity contribution in [2.45, 2.75) is 32.7 Å². The van der Waals surface area contributed by atoms with Gasteiger partial charge in [-0.05, 0) is 13.8 Å². The summed E-state index contributed by atoms with van der Waals surface area (Å²) in [4.78, 5) is 7.77. The number of aromatic nitrogens is 2. The molecular weight excluding hydrogens is 237 g/mol. The SMILES string of the molecule is Cc1nc(COCC(F)(F)F)ncc1[C@H](C)O. The van der Waals surface area contributed by atoms with Crippen molar-refractivity contribution in [3.63, 3.8) is 0 Å². The second-order valence-corrected chi connectivity index (χ2v) is 3.61. The van der Waals surface area contributed by atoms with Gasteiger partial charge < -0.3 is 9.84 Å². The molecule has 1 N–H and O–H groups in total. The fraction of sp³-hybridized carbons (Fsp3) is 0.600. The molecule has 1 heterocycles. The molecule has 0 radical (unpaired) electrons. The minimum Gasteiger partial charge on any atom is -0.389 e. The lowest BCUT2D eigenvalue weighted by molar-refractivity contribution is -0.177. The molecular formula is C10H13F3N2O2. The van der Waals surface area contributed by atoms with Crippen molar-refractivity contribution < 1.29 is 23.0 Å². The van der Waals surface area contributed by atoms with Crippen molar-refractivity contribution in [1.29, 1.82) is 0 Å². The Balaban J connectivity index is 2.59. The van der Waals surface area contributed by atoms with Crippen molar-refractivity contribution in [3.8, 4) is 0 Å². The molecule has 1 atom stereocenters. The first-order valence-corrected chi connectivity index (χ1v) is 4.94. The smallest absolute Gasteiger partial charge is 0.389 e. The molecule has 0 spiro atoms. The van der Waals surface area contributed by atoms with Gasteiger partial charge in [-0.15, -0.1) is 0 Å². The number of rotatable bonds is 4. The molecule has 0 aliphatic carbocycles. The summed E-state index contributed by atoms with van der Waals surface area (Å²) in [6.45, 7) is 1.58. The van der Waals surface area contributed by atoms with Gasteiger partial charge in [0.15, 0.2) is 5.82 Å². The van der Waals surface area contributed by atoms with Gasteiger partial charge in [0.05, 0.1) is 6.10 Å². The molecule has 1 rings (SSSR count). The molecule has 0 saturated carbocycles. The molecule has 0 fully saturated rings. The Hall–Kier alpha value is -1.21. The van der Waals surface area contributed by atoms with Gasteiger partial charge in [0.25, 0.3) is 0 Å². The minimum atomic E-state index is -4.35. The van der Waals surface area contributed by atoms with Gasteiger partial charge in [-0.1, -0.05) is 0 Å². The zero-order valence-corrected chi connectivity index (χ0v) is 9.45. The third-order valence-electron chi connectivity index (χ3n) is 2.01. The van der Waals surface area contributed by atoms with Crippen LogP contribution in [0.5, 0.6) is 0 Å². The Morgan fingerprint density at radius 2 is 2.12 bits per heavy atom. The lowest BCUT2D eigenvalue weighted by atomic mass is 10.1. The zero-order valence-electron chi connectivity index (χ0n) is 9.45. The third-order valence-corrected chi connectivity index (χ3v) is 2.01. The third kappa shape index (κ3) is 4.66. The number of aryl methyl sites for hydroxylation is 1. The van der Waals surface area contributed by atoms with Crippen LogP contribution in [0.1, 0.15) is 30.1 Å². The Morgan fingerprint density at radius 3 is 2.59 bits per heavy atom. The summed E-state index contributed by atoms with van der Waals surface area (Å²) in [5, 5.41) is 9.32. The molecule has 0 aromatic carbocycles. The number of hydrogen-bond donors (Lipinski definition) is 1. The highest BCUT2D eigenvalue weighted by molar-refractivity contribution is 5.18. The van der Waals surface area contributed by atoms with Crippen molar-refractivity contribution in [2.75, 3.05) is 6.61 Å². The van der Waals surface area contributed by atoms with Gasteiger partial charge in [-0.25, -0.2) is 9.97 Å². The number of hydrogen-bond acceptors (Lipinski definition) is 4. The highest BCUT2D eigenvalue weighted by Crippen LogP contribution is 2.16. The van der Waals surface area contributed by atoms with E-state index in [0.717, 1.165) is 0 Å². The maximum absolute atomic E-state index is 11.8. The first kappa shape index (κ1) is 13.9. The molecule has 0 saturated heterocycles. The summed E-state index contributed by atoms with van der Waals surface area (Å²) in [5.74, 6) is 0.163. The average molecular weight is 250 g/mol. The molecule has 1 aromatic heterocycles. The molecule has 0 unspecified atom stereocenters. The number of halogens is 3. The first-order valence-electron chi connectivity index (χ1n) is 4.94. The second kappa shape index (κ2) is 5.42. The van der Waals surface area contributed by atoms with Crippen LogP contribution in [0.4, 0.5) is 13.2 Å². The van der Waals surface area contributed by atoms with Crippen LogP contribution in [0.25, 0.3) is 0 Å². The molecule has 0 amide bonds. The Morgan fingerprint density at radius 1 is 1.47 bits per heavy atom. The Labute approximate surface area is 96.5 Å². The van der Waals surface area contributed by atoms with E-state index in [0.29, 0.717) is 11.3 Å². The summed E-state index contributed by atoms with van der Waals surface area (Å²) >= 11 is 0. The summed E-state index contributed by atoms with van der Waals surface area (Å²) in [6.07, 6.45) is -3.67. The van der Waals surface area contributed by atoms with Gasteiger partial charge in [0.1, 0.15) is 13.2 Å².